The first-order valence-corrected chi connectivity index (χ1v) is 28.1. The van der Waals surface area contributed by atoms with Crippen LogP contribution in [0, 0.1) is 73.9 Å². The largest absolute Gasteiger partial charge is 0.303 e. The highest BCUT2D eigenvalue weighted by Gasteiger charge is 2.38. The maximum absolute atomic E-state index is 13.1. The van der Waals surface area contributed by atoms with Crippen molar-refractivity contribution in [3.63, 3.8) is 0 Å². The zero-order valence-electron chi connectivity index (χ0n) is 46.8. The highest BCUT2D eigenvalue weighted by atomic mass is 19.1. The number of hydrogen-bond acceptors (Lipinski definition) is 2. The number of halogens is 2. The van der Waals surface area contributed by atoms with Crippen LogP contribution in [0.15, 0.2) is 0 Å². The van der Waals surface area contributed by atoms with Crippen molar-refractivity contribution in [1.82, 2.24) is 9.80 Å². The van der Waals surface area contributed by atoms with E-state index >= 15 is 0 Å². The summed E-state index contributed by atoms with van der Waals surface area (Å²) in [5.41, 5.74) is 2.67. The maximum Gasteiger partial charge on any atom is 0.103 e. The van der Waals surface area contributed by atoms with E-state index in [1.54, 1.807) is 0 Å². The van der Waals surface area contributed by atoms with Gasteiger partial charge in [-0.2, -0.15) is 0 Å². The molecule has 6 saturated carbocycles. The van der Waals surface area contributed by atoms with Crippen molar-refractivity contribution >= 4 is 0 Å². The van der Waals surface area contributed by atoms with Crippen LogP contribution in [0.25, 0.3) is 0 Å². The van der Waals surface area contributed by atoms with E-state index in [-0.39, 0.29) is 5.41 Å². The van der Waals surface area contributed by atoms with Gasteiger partial charge in [0, 0.05) is 25.7 Å². The number of likely N-dealkylation sites (tertiary alicyclic amines) is 2. The smallest absolute Gasteiger partial charge is 0.103 e. The Kier molecular flexibility index (Phi) is 22.7. The topological polar surface area (TPSA) is 6.48 Å². The molecule has 2 saturated heterocycles. The molecule has 0 bridgehead atoms. The van der Waals surface area contributed by atoms with Gasteiger partial charge < -0.3 is 4.90 Å². The Balaban J connectivity index is 0.000000206. The van der Waals surface area contributed by atoms with Crippen molar-refractivity contribution in [3.8, 4) is 0 Å². The molecule has 380 valence electrons. The highest BCUT2D eigenvalue weighted by Crippen LogP contribution is 2.43. The van der Waals surface area contributed by atoms with Crippen LogP contribution in [0.2, 0.25) is 0 Å². The van der Waals surface area contributed by atoms with Crippen LogP contribution < -0.4 is 0 Å². The van der Waals surface area contributed by atoms with Gasteiger partial charge in [0.1, 0.15) is 12.3 Å². The normalized spacial score (nSPS) is 30.0. The van der Waals surface area contributed by atoms with E-state index in [1.165, 1.54) is 129 Å². The molecule has 0 aromatic heterocycles. The third-order valence-corrected chi connectivity index (χ3v) is 17.6. The van der Waals surface area contributed by atoms with Gasteiger partial charge in [-0.25, -0.2) is 8.78 Å². The van der Waals surface area contributed by atoms with Gasteiger partial charge in [-0.1, -0.05) is 157 Å². The Hall–Kier alpha value is -0.220. The zero-order valence-corrected chi connectivity index (χ0v) is 46.8. The van der Waals surface area contributed by atoms with Crippen molar-refractivity contribution < 1.29 is 8.78 Å². The molecule has 8 rings (SSSR count). The molecule has 0 N–H and O–H groups in total. The lowest BCUT2D eigenvalue weighted by Crippen LogP contribution is -2.40. The van der Waals surface area contributed by atoms with Crippen LogP contribution in [0.1, 0.15) is 259 Å². The average molecular weight is 904 g/mol. The molecule has 6 unspecified atom stereocenters. The Bertz CT molecular complexity index is 1220. The Morgan fingerprint density at radius 1 is 0.375 bits per heavy atom. The fourth-order valence-electron chi connectivity index (χ4n) is 12.2. The van der Waals surface area contributed by atoms with Gasteiger partial charge in [0.2, 0.25) is 0 Å². The second-order valence-corrected chi connectivity index (χ2v) is 29.6. The average Bonchev–Trinajstić information content (AvgIpc) is 3.69. The van der Waals surface area contributed by atoms with Crippen LogP contribution in [-0.2, 0) is 0 Å². The zero-order chi connectivity index (χ0) is 48.3. The van der Waals surface area contributed by atoms with E-state index in [4.69, 9.17) is 0 Å². The molecule has 2 nitrogen and oxygen atoms in total. The summed E-state index contributed by atoms with van der Waals surface area (Å²) < 4.78 is 25.8. The van der Waals surface area contributed by atoms with E-state index in [0.717, 1.165) is 74.2 Å². The van der Waals surface area contributed by atoms with Crippen molar-refractivity contribution in [3.05, 3.63) is 0 Å². The molecule has 0 radical (unpaired) electrons. The number of rotatable bonds is 4. The van der Waals surface area contributed by atoms with Gasteiger partial charge in [0.15, 0.2) is 0 Å². The predicted octanol–water partition coefficient (Wildman–Crippen LogP) is 18.5. The summed E-state index contributed by atoms with van der Waals surface area (Å²) in [6.07, 6.45) is 26.7. The molecule has 6 aliphatic carbocycles. The van der Waals surface area contributed by atoms with Crippen LogP contribution in [-0.4, -0.2) is 60.9 Å². The lowest BCUT2D eigenvalue weighted by atomic mass is 9.79. The quantitative estimate of drug-likeness (QED) is 0.277. The van der Waals surface area contributed by atoms with E-state index in [2.05, 4.69) is 134 Å². The fraction of sp³-hybridized carbons (Fsp3) is 1.00. The summed E-state index contributed by atoms with van der Waals surface area (Å²) in [6.45, 7) is 48.4. The first-order valence-electron chi connectivity index (χ1n) is 28.1. The predicted molar refractivity (Wildman–Crippen MR) is 280 cm³/mol. The molecule has 4 heteroatoms. The minimum Gasteiger partial charge on any atom is -0.303 e. The monoisotopic (exact) mass is 903 g/mol. The molecule has 8 fully saturated rings. The number of alkyl halides is 2. The molecule has 2 heterocycles. The lowest BCUT2D eigenvalue weighted by molar-refractivity contribution is 0.136. The van der Waals surface area contributed by atoms with E-state index in [9.17, 15) is 8.78 Å². The molecule has 0 amide bonds. The van der Waals surface area contributed by atoms with Gasteiger partial charge in [0.25, 0.3) is 0 Å². The minimum atomic E-state index is -0.528. The Morgan fingerprint density at radius 2 is 0.844 bits per heavy atom. The van der Waals surface area contributed by atoms with Crippen molar-refractivity contribution in [2.45, 2.75) is 278 Å². The van der Waals surface area contributed by atoms with Gasteiger partial charge in [-0.15, -0.1) is 0 Å². The second-order valence-electron chi connectivity index (χ2n) is 29.6. The number of nitrogens with zero attached hydrogens (tertiary/aromatic N) is 2. The molecule has 0 spiro atoms. The Morgan fingerprint density at radius 3 is 1.14 bits per heavy atom. The van der Waals surface area contributed by atoms with Gasteiger partial charge in [0.05, 0.1) is 0 Å². The van der Waals surface area contributed by atoms with E-state index in [1.807, 2.05) is 0 Å². The highest BCUT2D eigenvalue weighted by molar-refractivity contribution is 4.92. The van der Waals surface area contributed by atoms with E-state index in [0.29, 0.717) is 38.9 Å². The maximum atomic E-state index is 13.1. The summed E-state index contributed by atoms with van der Waals surface area (Å²) >= 11 is 0. The van der Waals surface area contributed by atoms with Gasteiger partial charge in [-0.05, 0) is 190 Å². The first-order chi connectivity index (χ1) is 29.4. The SMILES string of the molecule is CC(C)(C)C1CCC(F)C1.CC(C)(C)C1CCCC1.CC(C)(C)C1CCCC1.CC(C)(C)C1CCCC1F.CC(C)(C)C1CCCN1CC1CC1.CC(C)(C)C1CCN(CC2CC2)C1. The summed E-state index contributed by atoms with van der Waals surface area (Å²) in [4.78, 5) is 5.44. The van der Waals surface area contributed by atoms with Crippen LogP contribution in [0.5, 0.6) is 0 Å². The second kappa shape index (κ2) is 25.1. The molecule has 6 atom stereocenters. The minimum absolute atomic E-state index is 0.177. The summed E-state index contributed by atoms with van der Waals surface area (Å²) in [5.74, 6) is 6.01. The Labute approximate surface area is 401 Å². The number of hydrogen-bond donors (Lipinski definition) is 0. The third kappa shape index (κ3) is 22.0. The van der Waals surface area contributed by atoms with Crippen LogP contribution in [0.3, 0.4) is 0 Å². The fourth-order valence-corrected chi connectivity index (χ4v) is 12.2. The summed E-state index contributed by atoms with van der Waals surface area (Å²) in [6, 6.07) is 0.855. The summed E-state index contributed by atoms with van der Waals surface area (Å²) in [7, 11) is 0. The molecule has 0 aromatic carbocycles. The third-order valence-electron chi connectivity index (χ3n) is 17.6. The van der Waals surface area contributed by atoms with Crippen molar-refractivity contribution in [2.24, 2.45) is 73.9 Å². The molecular weight excluding hydrogens is 787 g/mol. The standard InChI is InChI=1S/2C12H23N.2C9H17F.2C9H18/c1-12(2,3)11-6-7-13(9-11)8-10-4-5-10;1-12(2,3)11-5-4-8-13(11)9-10-6-7-10;1-9(2,3)7-4-5-8(10)6-7;1-9(2,3)7-5-4-6-8(7)10;2*1-9(2,3)8-6-4-5-7-8/h2*10-11H,4-9H2,1-3H3;2*7-8H,4-6H2,1-3H3;2*8H,4-7H2,1-3H3. The van der Waals surface area contributed by atoms with Crippen molar-refractivity contribution in [2.75, 3.05) is 32.7 Å². The summed E-state index contributed by atoms with van der Waals surface area (Å²) in [5, 5.41) is 0. The van der Waals surface area contributed by atoms with E-state index < -0.39 is 12.3 Å². The molecule has 2 aliphatic heterocycles. The molecule has 64 heavy (non-hydrogen) atoms. The van der Waals surface area contributed by atoms with Crippen molar-refractivity contribution in [1.29, 1.82) is 0 Å². The van der Waals surface area contributed by atoms with Crippen LogP contribution in [0.4, 0.5) is 8.78 Å². The van der Waals surface area contributed by atoms with Crippen LogP contribution >= 0.6 is 0 Å². The molecular formula is C60H116F2N2. The first kappa shape index (κ1) is 58.1. The van der Waals surface area contributed by atoms with Gasteiger partial charge in [-0.3, -0.25) is 4.90 Å². The molecule has 0 aromatic rings. The lowest BCUT2D eigenvalue weighted by Gasteiger charge is -2.35. The van der Waals surface area contributed by atoms with Gasteiger partial charge >= 0.3 is 0 Å². The molecule has 8 aliphatic rings.